The standard InChI is InChI=1S/C15H12Br2O2/c1-15(2)18-13-5-3-9(16)7-11(13)12-8-10(17)4-6-14(12)19-15/h3-8H,1-2H3. The maximum atomic E-state index is 5.96. The molecule has 1 aliphatic rings. The number of fused-ring (bicyclic) bond motifs is 3. The summed E-state index contributed by atoms with van der Waals surface area (Å²) in [7, 11) is 0. The van der Waals surface area contributed by atoms with Crippen molar-refractivity contribution in [1.82, 2.24) is 0 Å². The Morgan fingerprint density at radius 2 is 1.21 bits per heavy atom. The van der Waals surface area contributed by atoms with Gasteiger partial charge in [0, 0.05) is 33.9 Å². The second kappa shape index (κ2) is 4.53. The van der Waals surface area contributed by atoms with E-state index in [1.807, 2.05) is 50.2 Å². The number of rotatable bonds is 0. The molecule has 0 unspecified atom stereocenters. The first-order valence-electron chi connectivity index (χ1n) is 5.92. The zero-order valence-electron chi connectivity index (χ0n) is 10.5. The average Bonchev–Trinajstić information content (AvgIpc) is 2.43. The van der Waals surface area contributed by atoms with Gasteiger partial charge in [0.25, 0.3) is 0 Å². The van der Waals surface area contributed by atoms with Crippen molar-refractivity contribution >= 4 is 31.9 Å². The van der Waals surface area contributed by atoms with E-state index in [1.54, 1.807) is 0 Å². The van der Waals surface area contributed by atoms with Crippen molar-refractivity contribution in [3.05, 3.63) is 45.3 Å². The molecule has 0 aromatic heterocycles. The molecule has 1 aliphatic heterocycles. The molecule has 4 heteroatoms. The van der Waals surface area contributed by atoms with E-state index in [9.17, 15) is 0 Å². The second-order valence-corrected chi connectivity index (χ2v) is 6.72. The van der Waals surface area contributed by atoms with Crippen LogP contribution in [0.2, 0.25) is 0 Å². The SMILES string of the molecule is CC1(C)Oc2ccc(Br)cc2-c2cc(Br)ccc2O1. The molecule has 0 aliphatic carbocycles. The summed E-state index contributed by atoms with van der Waals surface area (Å²) >= 11 is 7.01. The van der Waals surface area contributed by atoms with Gasteiger partial charge in [0.05, 0.1) is 0 Å². The summed E-state index contributed by atoms with van der Waals surface area (Å²) in [6.07, 6.45) is 0. The first-order chi connectivity index (χ1) is 8.94. The topological polar surface area (TPSA) is 18.5 Å². The molecule has 0 spiro atoms. The molecule has 0 fully saturated rings. The van der Waals surface area contributed by atoms with Crippen LogP contribution in [0, 0.1) is 0 Å². The third-order valence-corrected chi connectivity index (χ3v) is 3.87. The van der Waals surface area contributed by atoms with E-state index in [0.29, 0.717) is 0 Å². The zero-order chi connectivity index (χ0) is 13.6. The first-order valence-corrected chi connectivity index (χ1v) is 7.51. The molecule has 19 heavy (non-hydrogen) atoms. The molecule has 2 nitrogen and oxygen atoms in total. The predicted octanol–water partition coefficient (Wildman–Crippen LogP) is 5.39. The average molecular weight is 384 g/mol. The molecular formula is C15H12Br2O2. The van der Waals surface area contributed by atoms with Crippen molar-refractivity contribution in [3.63, 3.8) is 0 Å². The third kappa shape index (κ3) is 2.51. The summed E-state index contributed by atoms with van der Waals surface area (Å²) in [5.41, 5.74) is 2.05. The minimum absolute atomic E-state index is 0.693. The highest BCUT2D eigenvalue weighted by Gasteiger charge is 2.29. The van der Waals surface area contributed by atoms with Crippen LogP contribution in [0.15, 0.2) is 45.3 Å². The molecule has 0 N–H and O–H groups in total. The van der Waals surface area contributed by atoms with E-state index >= 15 is 0 Å². The highest BCUT2D eigenvalue weighted by molar-refractivity contribution is 9.10. The van der Waals surface area contributed by atoms with Crippen LogP contribution in [-0.4, -0.2) is 5.79 Å². The zero-order valence-corrected chi connectivity index (χ0v) is 13.7. The van der Waals surface area contributed by atoms with Gasteiger partial charge < -0.3 is 9.47 Å². The van der Waals surface area contributed by atoms with Gasteiger partial charge in [-0.2, -0.15) is 0 Å². The highest BCUT2D eigenvalue weighted by atomic mass is 79.9. The van der Waals surface area contributed by atoms with Crippen LogP contribution >= 0.6 is 31.9 Å². The molecule has 2 aromatic rings. The molecule has 1 heterocycles. The van der Waals surface area contributed by atoms with E-state index in [4.69, 9.17) is 9.47 Å². The Hall–Kier alpha value is -1.00. The molecule has 0 amide bonds. The van der Waals surface area contributed by atoms with Crippen molar-refractivity contribution in [2.45, 2.75) is 19.6 Å². The maximum Gasteiger partial charge on any atom is 0.245 e. The minimum Gasteiger partial charge on any atom is -0.452 e. The Balaban J connectivity index is 2.31. The van der Waals surface area contributed by atoms with Crippen LogP contribution < -0.4 is 9.47 Å². The minimum atomic E-state index is -0.693. The van der Waals surface area contributed by atoms with Crippen LogP contribution in [-0.2, 0) is 0 Å². The molecular weight excluding hydrogens is 372 g/mol. The largest absolute Gasteiger partial charge is 0.452 e. The molecule has 0 saturated carbocycles. The highest BCUT2D eigenvalue weighted by Crippen LogP contribution is 2.44. The normalized spacial score (nSPS) is 15.6. The number of halogens is 2. The Morgan fingerprint density at radius 1 is 0.789 bits per heavy atom. The van der Waals surface area contributed by atoms with Crippen LogP contribution in [0.25, 0.3) is 11.1 Å². The van der Waals surface area contributed by atoms with Gasteiger partial charge in [-0.1, -0.05) is 31.9 Å². The van der Waals surface area contributed by atoms with Crippen molar-refractivity contribution in [1.29, 1.82) is 0 Å². The van der Waals surface area contributed by atoms with Crippen LogP contribution in [0.4, 0.5) is 0 Å². The summed E-state index contributed by atoms with van der Waals surface area (Å²) in [5.74, 6) is 0.955. The molecule has 0 bridgehead atoms. The van der Waals surface area contributed by atoms with Gasteiger partial charge in [-0.3, -0.25) is 0 Å². The van der Waals surface area contributed by atoms with Gasteiger partial charge in [0.2, 0.25) is 5.79 Å². The molecule has 0 saturated heterocycles. The summed E-state index contributed by atoms with van der Waals surface area (Å²) in [6.45, 7) is 3.83. The lowest BCUT2D eigenvalue weighted by Crippen LogP contribution is -2.34. The van der Waals surface area contributed by atoms with Gasteiger partial charge in [-0.15, -0.1) is 0 Å². The number of benzene rings is 2. The fraction of sp³-hybridized carbons (Fsp3) is 0.200. The predicted molar refractivity (Wildman–Crippen MR) is 82.6 cm³/mol. The summed E-state index contributed by atoms with van der Waals surface area (Å²) in [6, 6.07) is 12.0. The quantitative estimate of drug-likeness (QED) is 0.607. The van der Waals surface area contributed by atoms with Gasteiger partial charge in [0.15, 0.2) is 0 Å². The maximum absolute atomic E-state index is 5.96. The van der Waals surface area contributed by atoms with Gasteiger partial charge in [0.1, 0.15) is 11.5 Å². The van der Waals surface area contributed by atoms with Crippen LogP contribution in [0.3, 0.4) is 0 Å². The van der Waals surface area contributed by atoms with E-state index in [2.05, 4.69) is 31.9 Å². The van der Waals surface area contributed by atoms with Gasteiger partial charge >= 0.3 is 0 Å². The van der Waals surface area contributed by atoms with E-state index < -0.39 is 5.79 Å². The van der Waals surface area contributed by atoms with Crippen molar-refractivity contribution < 1.29 is 9.47 Å². The molecule has 0 atom stereocenters. The number of hydrogen-bond donors (Lipinski definition) is 0. The van der Waals surface area contributed by atoms with E-state index in [1.165, 1.54) is 0 Å². The second-order valence-electron chi connectivity index (χ2n) is 4.88. The monoisotopic (exact) mass is 382 g/mol. The molecule has 98 valence electrons. The van der Waals surface area contributed by atoms with Gasteiger partial charge in [-0.25, -0.2) is 0 Å². The number of ether oxygens (including phenoxy) is 2. The summed E-state index contributed by atoms with van der Waals surface area (Å²) < 4.78 is 14.0. The number of hydrogen-bond acceptors (Lipinski definition) is 2. The lowest BCUT2D eigenvalue weighted by Gasteiger charge is -2.25. The molecule has 0 radical (unpaired) electrons. The first kappa shape index (κ1) is 13.0. The Labute approximate surface area is 129 Å². The summed E-state index contributed by atoms with van der Waals surface area (Å²) in [5, 5.41) is 0. The Kier molecular flexibility index (Phi) is 3.10. The van der Waals surface area contributed by atoms with Crippen LogP contribution in [0.5, 0.6) is 11.5 Å². The van der Waals surface area contributed by atoms with Crippen LogP contribution in [0.1, 0.15) is 13.8 Å². The van der Waals surface area contributed by atoms with Crippen molar-refractivity contribution in [3.8, 4) is 22.6 Å². The van der Waals surface area contributed by atoms with E-state index in [-0.39, 0.29) is 0 Å². The Morgan fingerprint density at radius 3 is 1.63 bits per heavy atom. The van der Waals surface area contributed by atoms with Crippen molar-refractivity contribution in [2.75, 3.05) is 0 Å². The van der Waals surface area contributed by atoms with Crippen molar-refractivity contribution in [2.24, 2.45) is 0 Å². The fourth-order valence-electron chi connectivity index (χ4n) is 2.15. The molecule has 3 rings (SSSR count). The summed E-state index contributed by atoms with van der Waals surface area (Å²) in [4.78, 5) is 0. The third-order valence-electron chi connectivity index (χ3n) is 2.88. The Bertz CT molecular complexity index is 595. The fourth-order valence-corrected chi connectivity index (χ4v) is 2.88. The lowest BCUT2D eigenvalue weighted by molar-refractivity contribution is -0.0778. The lowest BCUT2D eigenvalue weighted by atomic mass is 10.0. The van der Waals surface area contributed by atoms with E-state index in [0.717, 1.165) is 31.6 Å². The van der Waals surface area contributed by atoms with Gasteiger partial charge in [-0.05, 0) is 36.4 Å². The smallest absolute Gasteiger partial charge is 0.245 e. The molecule has 2 aromatic carbocycles.